The zero-order valence-corrected chi connectivity index (χ0v) is 25.9. The van der Waals surface area contributed by atoms with Crippen molar-refractivity contribution in [2.75, 3.05) is 18.9 Å². The molecular formula is C37H42N2O6. The Morgan fingerprint density at radius 3 is 2.29 bits per heavy atom. The third kappa shape index (κ3) is 8.77. The number of hydrogen-bond acceptors (Lipinski definition) is 6. The number of unbranched alkanes of at least 4 members (excludes halogenated alkanes) is 1. The number of ether oxygens (including phenoxy) is 2. The summed E-state index contributed by atoms with van der Waals surface area (Å²) in [7, 11) is 2.12. The van der Waals surface area contributed by atoms with Gasteiger partial charge in [-0.3, -0.25) is 14.5 Å². The van der Waals surface area contributed by atoms with E-state index in [9.17, 15) is 14.7 Å². The molecule has 1 aliphatic rings. The van der Waals surface area contributed by atoms with Gasteiger partial charge in [0.25, 0.3) is 0 Å². The first-order chi connectivity index (χ1) is 21.8. The maximum Gasteiger partial charge on any atom is 0.303 e. The second-order valence-corrected chi connectivity index (χ2v) is 11.8. The van der Waals surface area contributed by atoms with Crippen molar-refractivity contribution >= 4 is 28.3 Å². The molecule has 8 heteroatoms. The number of carboxylic acid groups (broad SMARTS) is 1. The third-order valence-electron chi connectivity index (χ3n) is 8.53. The number of fused-ring (bicyclic) bond motifs is 1. The lowest BCUT2D eigenvalue weighted by molar-refractivity contribution is -0.253. The Balaban J connectivity index is 1.28. The molecule has 0 aromatic heterocycles. The van der Waals surface area contributed by atoms with Gasteiger partial charge in [-0.1, -0.05) is 72.8 Å². The summed E-state index contributed by atoms with van der Waals surface area (Å²) in [6, 6.07) is 30.5. The van der Waals surface area contributed by atoms with Crippen LogP contribution in [0.5, 0.6) is 0 Å². The lowest BCUT2D eigenvalue weighted by Gasteiger charge is -2.39. The van der Waals surface area contributed by atoms with E-state index < -0.39 is 12.3 Å². The fraction of sp³-hybridized carbons (Fsp3) is 0.351. The predicted molar refractivity (Wildman–Crippen MR) is 175 cm³/mol. The van der Waals surface area contributed by atoms with Gasteiger partial charge in [0, 0.05) is 43.1 Å². The minimum Gasteiger partial charge on any atom is -0.481 e. The number of likely N-dealkylation sites (N-methyl/N-ethyl adjacent to an activating group) is 1. The third-order valence-corrected chi connectivity index (χ3v) is 8.53. The van der Waals surface area contributed by atoms with E-state index in [1.807, 2.05) is 48.5 Å². The molecule has 0 saturated carbocycles. The van der Waals surface area contributed by atoms with Crippen LogP contribution in [0.1, 0.15) is 79.7 Å². The maximum absolute atomic E-state index is 12.3. The zero-order valence-electron chi connectivity index (χ0n) is 25.9. The summed E-state index contributed by atoms with van der Waals surface area (Å²) in [5.41, 5.74) is 4.64. The smallest absolute Gasteiger partial charge is 0.303 e. The molecule has 3 N–H and O–H groups in total. The van der Waals surface area contributed by atoms with Crippen LogP contribution in [-0.4, -0.2) is 46.7 Å². The molecule has 236 valence electrons. The molecule has 0 radical (unpaired) electrons. The largest absolute Gasteiger partial charge is 0.481 e. The molecule has 0 spiro atoms. The summed E-state index contributed by atoms with van der Waals surface area (Å²) in [5.74, 6) is -0.996. The number of amides is 1. The van der Waals surface area contributed by atoms with Gasteiger partial charge in [0.15, 0.2) is 6.29 Å². The van der Waals surface area contributed by atoms with E-state index in [0.717, 1.165) is 16.7 Å². The van der Waals surface area contributed by atoms with Crippen molar-refractivity contribution in [1.29, 1.82) is 0 Å². The number of aliphatic carboxylic acids is 1. The summed E-state index contributed by atoms with van der Waals surface area (Å²) in [5, 5.41) is 23.6. The number of aliphatic hydroxyl groups excluding tert-OH is 1. The molecule has 5 rings (SSSR count). The van der Waals surface area contributed by atoms with Crippen molar-refractivity contribution in [2.45, 2.75) is 70.2 Å². The molecule has 1 saturated heterocycles. The molecule has 0 bridgehead atoms. The molecule has 0 aliphatic carbocycles. The van der Waals surface area contributed by atoms with E-state index in [1.165, 1.54) is 16.3 Å². The average Bonchev–Trinajstić information content (AvgIpc) is 3.06. The number of nitrogens with zero attached hydrogens (tertiary/aromatic N) is 1. The summed E-state index contributed by atoms with van der Waals surface area (Å²) >= 11 is 0. The second-order valence-electron chi connectivity index (χ2n) is 11.8. The zero-order chi connectivity index (χ0) is 31.8. The van der Waals surface area contributed by atoms with Crippen LogP contribution in [0, 0.1) is 0 Å². The van der Waals surface area contributed by atoms with Gasteiger partial charge >= 0.3 is 5.97 Å². The van der Waals surface area contributed by atoms with Gasteiger partial charge in [-0.05, 0) is 72.5 Å². The van der Waals surface area contributed by atoms with Gasteiger partial charge in [0.1, 0.15) is 0 Å². The topological polar surface area (TPSA) is 108 Å². The number of carboxylic acids is 1. The summed E-state index contributed by atoms with van der Waals surface area (Å²) < 4.78 is 13.1. The van der Waals surface area contributed by atoms with Crippen LogP contribution < -0.4 is 5.32 Å². The van der Waals surface area contributed by atoms with Gasteiger partial charge in [-0.2, -0.15) is 0 Å². The number of rotatable bonds is 13. The molecule has 1 amide bonds. The Labute approximate surface area is 264 Å². The van der Waals surface area contributed by atoms with Crippen LogP contribution in [0.25, 0.3) is 10.8 Å². The van der Waals surface area contributed by atoms with E-state index in [-0.39, 0.29) is 43.6 Å². The molecule has 4 atom stereocenters. The Morgan fingerprint density at radius 1 is 0.889 bits per heavy atom. The monoisotopic (exact) mass is 610 g/mol. The molecule has 45 heavy (non-hydrogen) atoms. The van der Waals surface area contributed by atoms with Gasteiger partial charge in [0.05, 0.1) is 18.8 Å². The van der Waals surface area contributed by atoms with E-state index in [2.05, 4.69) is 66.7 Å². The van der Waals surface area contributed by atoms with E-state index in [0.29, 0.717) is 31.5 Å². The predicted octanol–water partition coefficient (Wildman–Crippen LogP) is 7.15. The molecule has 8 nitrogen and oxygen atoms in total. The first-order valence-corrected chi connectivity index (χ1v) is 15.6. The van der Waals surface area contributed by atoms with Crippen LogP contribution in [0.4, 0.5) is 5.69 Å². The van der Waals surface area contributed by atoms with E-state index in [4.69, 9.17) is 14.6 Å². The Kier molecular flexibility index (Phi) is 11.0. The average molecular weight is 611 g/mol. The van der Waals surface area contributed by atoms with Gasteiger partial charge in [-0.25, -0.2) is 0 Å². The van der Waals surface area contributed by atoms with Gasteiger partial charge < -0.3 is 25.0 Å². The first-order valence-electron chi connectivity index (χ1n) is 15.6. The summed E-state index contributed by atoms with van der Waals surface area (Å²) in [6.45, 7) is 2.91. The van der Waals surface area contributed by atoms with E-state index >= 15 is 0 Å². The normalized spacial score (nSPS) is 19.0. The molecule has 1 fully saturated rings. The number of benzene rings is 4. The summed E-state index contributed by atoms with van der Waals surface area (Å²) in [4.78, 5) is 25.3. The van der Waals surface area contributed by atoms with Crippen molar-refractivity contribution < 1.29 is 29.3 Å². The lowest BCUT2D eigenvalue weighted by atomic mass is 9.98. The van der Waals surface area contributed by atoms with Gasteiger partial charge in [-0.15, -0.1) is 0 Å². The quantitative estimate of drug-likeness (QED) is 0.138. The van der Waals surface area contributed by atoms with Crippen molar-refractivity contribution in [3.8, 4) is 0 Å². The summed E-state index contributed by atoms with van der Waals surface area (Å²) in [6.07, 6.45) is 1.11. The van der Waals surface area contributed by atoms with Crippen LogP contribution in [0.3, 0.4) is 0 Å². The minimum atomic E-state index is -0.851. The van der Waals surface area contributed by atoms with Crippen LogP contribution in [0.15, 0.2) is 91.0 Å². The maximum atomic E-state index is 12.3. The molecule has 4 aromatic rings. The van der Waals surface area contributed by atoms with Crippen molar-refractivity contribution in [2.24, 2.45) is 0 Å². The minimum absolute atomic E-state index is 0.0111. The fourth-order valence-corrected chi connectivity index (χ4v) is 5.74. The van der Waals surface area contributed by atoms with E-state index in [1.54, 1.807) is 0 Å². The number of hydrogen-bond donors (Lipinski definition) is 3. The van der Waals surface area contributed by atoms with Crippen LogP contribution in [0.2, 0.25) is 0 Å². The van der Waals surface area contributed by atoms with Crippen LogP contribution >= 0.6 is 0 Å². The fourth-order valence-electron chi connectivity index (χ4n) is 5.74. The highest BCUT2D eigenvalue weighted by atomic mass is 16.7. The first kappa shape index (κ1) is 32.3. The number of anilines is 1. The Morgan fingerprint density at radius 2 is 1.58 bits per heavy atom. The number of carbonyl (C=O) groups is 2. The van der Waals surface area contributed by atoms with Crippen LogP contribution in [-0.2, 0) is 25.7 Å². The van der Waals surface area contributed by atoms with Crippen molar-refractivity contribution in [1.82, 2.24) is 4.90 Å². The molecule has 1 heterocycles. The highest BCUT2D eigenvalue weighted by Crippen LogP contribution is 2.39. The van der Waals surface area contributed by atoms with Crippen molar-refractivity contribution in [3.63, 3.8) is 0 Å². The van der Waals surface area contributed by atoms with Gasteiger partial charge in [0.2, 0.25) is 5.91 Å². The molecule has 4 aromatic carbocycles. The SMILES string of the molecule is C[C@H](c1ccc2ccccc2c1)N(C)C[C@@H]1C[C@H](c2ccc(CO)cc2)O[C@H](c2ccc(NC(=O)CCCCC(=O)O)cc2)O1. The number of aliphatic hydroxyl groups is 1. The number of carbonyl (C=O) groups excluding carboxylic acids is 1. The lowest BCUT2D eigenvalue weighted by Crippen LogP contribution is -2.38. The molecule has 0 unspecified atom stereocenters. The standard InChI is InChI=1S/C37H42N2O6/c1-25(30-16-15-27-7-3-4-8-31(27)21-30)39(2)23-33-22-34(28-13-11-26(24-40)12-14-28)45-37(44-33)29-17-19-32(20-18-29)38-35(41)9-5-6-10-36(42)43/h3-4,7-8,11-21,25,33-34,37,40H,5-6,9-10,22-24H2,1-2H3,(H,38,41)(H,42,43)/t25-,33+,34-,37-/m1/s1. The Bertz CT molecular complexity index is 1570. The second kappa shape index (κ2) is 15.3. The highest BCUT2D eigenvalue weighted by molar-refractivity contribution is 5.90. The van der Waals surface area contributed by atoms with Crippen molar-refractivity contribution in [3.05, 3.63) is 113 Å². The Hall–Kier alpha value is -4.08. The molecule has 1 aliphatic heterocycles. The highest BCUT2D eigenvalue weighted by Gasteiger charge is 2.33. The molecular weight excluding hydrogens is 568 g/mol. The number of nitrogens with one attached hydrogen (secondary N) is 1.